The van der Waals surface area contributed by atoms with E-state index in [2.05, 4.69) is 135 Å². The van der Waals surface area contributed by atoms with Gasteiger partial charge in [-0.05, 0) is 71.2 Å². The van der Waals surface area contributed by atoms with E-state index in [1.807, 2.05) is 24.4 Å². The Balaban J connectivity index is 0.00000338. The summed E-state index contributed by atoms with van der Waals surface area (Å²) in [5.74, 6) is 2.13. The average Bonchev–Trinajstić information content (AvgIpc) is 3.68. The van der Waals surface area contributed by atoms with Crippen molar-refractivity contribution in [2.24, 2.45) is 0 Å². The fourth-order valence-electron chi connectivity index (χ4n) is 7.17. The van der Waals surface area contributed by atoms with Crippen LogP contribution in [0.4, 0.5) is 0 Å². The molecule has 7 heteroatoms. The summed E-state index contributed by atoms with van der Waals surface area (Å²) in [5.41, 5.74) is 6.89. The molecular formula is C39H36N4OPtS-2. The van der Waals surface area contributed by atoms with Crippen molar-refractivity contribution in [3.63, 3.8) is 0 Å². The minimum atomic E-state index is -0.0424. The van der Waals surface area contributed by atoms with Crippen molar-refractivity contribution < 1.29 is 30.4 Å². The molecule has 0 radical (unpaired) electrons. The second-order valence-corrected chi connectivity index (χ2v) is 15.4. The zero-order valence-corrected chi connectivity index (χ0v) is 30.2. The van der Waals surface area contributed by atoms with E-state index in [1.165, 1.54) is 21.5 Å². The molecule has 4 aromatic heterocycles. The van der Waals surface area contributed by atoms with Crippen molar-refractivity contribution in [2.45, 2.75) is 71.3 Å². The Morgan fingerprint density at radius 2 is 1.70 bits per heavy atom. The van der Waals surface area contributed by atoms with E-state index in [1.54, 1.807) is 11.3 Å². The van der Waals surface area contributed by atoms with E-state index in [0.717, 1.165) is 39.7 Å². The minimum Gasteiger partial charge on any atom is -0.510 e. The summed E-state index contributed by atoms with van der Waals surface area (Å²) < 4.78 is 13.1. The molecule has 3 aromatic carbocycles. The number of benzene rings is 3. The van der Waals surface area contributed by atoms with Crippen molar-refractivity contribution in [1.82, 2.24) is 14.1 Å². The number of aromatic nitrogens is 4. The summed E-state index contributed by atoms with van der Waals surface area (Å²) in [7, 11) is 0. The molecular weight excluding hydrogens is 768 g/mol. The smallest absolute Gasteiger partial charge is 0.243 e. The van der Waals surface area contributed by atoms with E-state index in [9.17, 15) is 0 Å². The Kier molecular flexibility index (Phi) is 7.15. The molecule has 0 N–H and O–H groups in total. The second kappa shape index (κ2) is 10.6. The van der Waals surface area contributed by atoms with Crippen LogP contribution in [0, 0.1) is 18.5 Å². The summed E-state index contributed by atoms with van der Waals surface area (Å²) in [6.45, 7) is 16.0. The van der Waals surface area contributed by atoms with Crippen LogP contribution in [-0.4, -0.2) is 14.1 Å². The Morgan fingerprint density at radius 1 is 0.913 bits per heavy atom. The molecule has 1 aliphatic rings. The van der Waals surface area contributed by atoms with Crippen LogP contribution in [0.25, 0.3) is 43.7 Å². The molecule has 7 aromatic rings. The van der Waals surface area contributed by atoms with Gasteiger partial charge in [-0.1, -0.05) is 64.0 Å². The number of hydrogen-bond acceptors (Lipinski definition) is 3. The number of imidazole rings is 1. The van der Waals surface area contributed by atoms with Crippen molar-refractivity contribution in [1.29, 1.82) is 0 Å². The predicted octanol–water partition coefficient (Wildman–Crippen LogP) is 9.38. The fourth-order valence-corrected chi connectivity index (χ4v) is 8.39. The van der Waals surface area contributed by atoms with Crippen molar-refractivity contribution in [3.8, 4) is 23.0 Å². The molecule has 236 valence electrons. The van der Waals surface area contributed by atoms with Gasteiger partial charge in [0.2, 0.25) is 6.33 Å². The number of rotatable bonds is 4. The van der Waals surface area contributed by atoms with Crippen molar-refractivity contribution in [3.05, 3.63) is 108 Å². The molecule has 0 saturated heterocycles. The quantitative estimate of drug-likeness (QED) is 0.131. The van der Waals surface area contributed by atoms with Gasteiger partial charge in [-0.2, -0.15) is 29.5 Å². The van der Waals surface area contributed by atoms with Crippen LogP contribution in [0.15, 0.2) is 78.3 Å². The zero-order valence-electron chi connectivity index (χ0n) is 27.1. The maximum atomic E-state index is 6.47. The van der Waals surface area contributed by atoms with E-state index in [4.69, 9.17) is 9.72 Å². The Hall–Kier alpha value is -3.73. The van der Waals surface area contributed by atoms with Gasteiger partial charge in [0.25, 0.3) is 0 Å². The minimum absolute atomic E-state index is 0. The van der Waals surface area contributed by atoms with Crippen molar-refractivity contribution in [2.75, 3.05) is 0 Å². The standard InChI is InChI=1S/C39H36N4OS.Pt/c1-37(2,3)25-17-18-40-34(19-25)43-32-14-9-8-13-29(32)30-16-15-28(21-33(30)43)44-27-12-10-11-26(20-27)41-24-42-35-31(22-45-36(35)41)38(4,5)23-39(42,6)7;/h8-19,22H,23H2,1-7H3;/q-2;. The first-order valence-corrected chi connectivity index (χ1v) is 16.4. The van der Waals surface area contributed by atoms with Crippen LogP contribution in [0.5, 0.6) is 11.5 Å². The summed E-state index contributed by atoms with van der Waals surface area (Å²) in [6.07, 6.45) is 6.62. The number of fused-ring (bicyclic) bond motifs is 3. The molecule has 0 atom stereocenters. The number of pyridine rings is 1. The molecule has 5 nitrogen and oxygen atoms in total. The van der Waals surface area contributed by atoms with Gasteiger partial charge in [-0.25, -0.2) is 4.98 Å². The monoisotopic (exact) mass is 803 g/mol. The number of para-hydroxylation sites is 1. The van der Waals surface area contributed by atoms with E-state index < -0.39 is 0 Å². The second-order valence-electron chi connectivity index (χ2n) is 14.5. The third-order valence-corrected chi connectivity index (χ3v) is 10.1. The normalized spacial score (nSPS) is 15.4. The van der Waals surface area contributed by atoms with Crippen LogP contribution < -0.4 is 9.30 Å². The number of nitrogens with zero attached hydrogens (tertiary/aromatic N) is 4. The van der Waals surface area contributed by atoms with Gasteiger partial charge in [-0.3, -0.25) is 0 Å². The third-order valence-electron chi connectivity index (χ3n) is 9.19. The molecule has 0 bridgehead atoms. The molecule has 0 aliphatic carbocycles. The van der Waals surface area contributed by atoms with Crippen LogP contribution >= 0.6 is 11.3 Å². The first kappa shape index (κ1) is 30.9. The maximum Gasteiger partial charge on any atom is 0.243 e. The molecule has 1 aliphatic heterocycles. The van der Waals surface area contributed by atoms with Gasteiger partial charge in [-0.15, -0.1) is 29.7 Å². The summed E-state index contributed by atoms with van der Waals surface area (Å²) >= 11 is 1.77. The zero-order chi connectivity index (χ0) is 31.3. The molecule has 0 spiro atoms. The fraction of sp³-hybridized carbons (Fsp3) is 0.282. The first-order chi connectivity index (χ1) is 21.4. The summed E-state index contributed by atoms with van der Waals surface area (Å²) in [6, 6.07) is 30.0. The third kappa shape index (κ3) is 4.84. The van der Waals surface area contributed by atoms with Crippen LogP contribution in [-0.2, 0) is 37.4 Å². The summed E-state index contributed by atoms with van der Waals surface area (Å²) in [4.78, 5) is 5.98. The van der Waals surface area contributed by atoms with Crippen LogP contribution in [0.3, 0.4) is 0 Å². The van der Waals surface area contributed by atoms with Crippen LogP contribution in [0.2, 0.25) is 0 Å². The van der Waals surface area contributed by atoms with E-state index >= 15 is 0 Å². The molecule has 0 fully saturated rings. The number of hydrogen-bond donors (Lipinski definition) is 0. The Bertz CT molecular complexity index is 2280. The van der Waals surface area contributed by atoms with Crippen LogP contribution in [0.1, 0.15) is 66.0 Å². The van der Waals surface area contributed by atoms with Gasteiger partial charge < -0.3 is 18.4 Å². The maximum absolute atomic E-state index is 6.47. The van der Waals surface area contributed by atoms with E-state index in [0.29, 0.717) is 11.5 Å². The SMILES string of the molecule is CC(C)(C)c1ccnc(-n2c3[c-]c(Oc4[c-]c(-n5[c-][n+]6c7c(csc75)C(C)(C)CC6(C)C)ccc4)ccc3c3ccccc32)c1.[Pt]. The van der Waals surface area contributed by atoms with E-state index in [-0.39, 0.29) is 37.4 Å². The molecule has 0 unspecified atom stereocenters. The molecule has 46 heavy (non-hydrogen) atoms. The largest absolute Gasteiger partial charge is 0.510 e. The summed E-state index contributed by atoms with van der Waals surface area (Å²) in [5, 5.41) is 4.58. The average molecular weight is 804 g/mol. The Morgan fingerprint density at radius 3 is 2.50 bits per heavy atom. The van der Waals surface area contributed by atoms with Gasteiger partial charge in [0.15, 0.2) is 0 Å². The van der Waals surface area contributed by atoms with Gasteiger partial charge >= 0.3 is 0 Å². The van der Waals surface area contributed by atoms with Gasteiger partial charge in [0.1, 0.15) is 10.6 Å². The number of ether oxygens (including phenoxy) is 1. The molecule has 8 rings (SSSR count). The predicted molar refractivity (Wildman–Crippen MR) is 182 cm³/mol. The first-order valence-electron chi connectivity index (χ1n) is 15.5. The van der Waals surface area contributed by atoms with Gasteiger partial charge in [0.05, 0.1) is 11.1 Å². The molecule has 5 heterocycles. The topological polar surface area (TPSA) is 35.9 Å². The number of thiophene rings is 1. The molecule has 0 saturated carbocycles. The van der Waals surface area contributed by atoms with Crippen molar-refractivity contribution >= 4 is 43.5 Å². The molecule has 0 amide bonds. The van der Waals surface area contributed by atoms with Gasteiger partial charge in [0, 0.05) is 44.3 Å². The Labute approximate surface area is 288 Å².